The fourth-order valence-corrected chi connectivity index (χ4v) is 2.59. The molecule has 0 radical (unpaired) electrons. The number of carbonyl (C=O) groups is 1. The molecular weight excluding hydrogens is 360 g/mol. The number of rotatable bonds is 6. The monoisotopic (exact) mass is 378 g/mol. The Hall–Kier alpha value is -4.01. The Balaban J connectivity index is 1.85. The number of benzene rings is 2. The van der Waals surface area contributed by atoms with Gasteiger partial charge >= 0.3 is 5.69 Å². The summed E-state index contributed by atoms with van der Waals surface area (Å²) in [6, 6.07) is 14.1. The fraction of sp³-hybridized carbons (Fsp3) is 0.105. The first-order chi connectivity index (χ1) is 13.5. The number of nitro groups is 1. The van der Waals surface area contributed by atoms with Gasteiger partial charge in [0.1, 0.15) is 6.33 Å². The van der Waals surface area contributed by atoms with Crippen LogP contribution in [-0.4, -0.2) is 20.8 Å². The van der Waals surface area contributed by atoms with Crippen molar-refractivity contribution in [2.24, 2.45) is 0 Å². The first-order valence-corrected chi connectivity index (χ1v) is 8.41. The molecule has 0 aliphatic heterocycles. The molecule has 3 N–H and O–H groups in total. The van der Waals surface area contributed by atoms with Crippen LogP contribution in [0.25, 0.3) is 0 Å². The summed E-state index contributed by atoms with van der Waals surface area (Å²) in [5.74, 6) is -0.558. The van der Waals surface area contributed by atoms with E-state index in [2.05, 4.69) is 26.1 Å². The highest BCUT2D eigenvalue weighted by Crippen LogP contribution is 2.31. The normalized spacial score (nSPS) is 10.2. The smallest absolute Gasteiger partial charge is 0.334 e. The third kappa shape index (κ3) is 4.21. The van der Waals surface area contributed by atoms with Crippen molar-refractivity contribution < 1.29 is 9.72 Å². The number of hydrogen-bond donors (Lipinski definition) is 3. The van der Waals surface area contributed by atoms with E-state index in [1.54, 1.807) is 30.3 Å². The fourth-order valence-electron chi connectivity index (χ4n) is 2.59. The minimum atomic E-state index is -0.608. The number of amides is 1. The summed E-state index contributed by atoms with van der Waals surface area (Å²) in [7, 11) is 0. The zero-order valence-corrected chi connectivity index (χ0v) is 15.3. The highest BCUT2D eigenvalue weighted by Gasteiger charge is 2.24. The van der Waals surface area contributed by atoms with E-state index in [1.807, 2.05) is 32.0 Å². The molecule has 1 amide bonds. The average molecular weight is 378 g/mol. The molecule has 9 nitrogen and oxygen atoms in total. The topological polar surface area (TPSA) is 122 Å². The van der Waals surface area contributed by atoms with Gasteiger partial charge in [0.15, 0.2) is 0 Å². The largest absolute Gasteiger partial charge is 0.355 e. The second-order valence-electron chi connectivity index (χ2n) is 6.07. The van der Waals surface area contributed by atoms with Gasteiger partial charge in [0.2, 0.25) is 11.6 Å². The molecule has 0 spiro atoms. The highest BCUT2D eigenvalue weighted by molar-refractivity contribution is 5.95. The second-order valence-corrected chi connectivity index (χ2v) is 6.07. The first-order valence-electron chi connectivity index (χ1n) is 8.41. The van der Waals surface area contributed by atoms with Crippen LogP contribution in [0, 0.1) is 24.0 Å². The molecule has 0 fully saturated rings. The molecule has 9 heteroatoms. The number of anilines is 3. The molecule has 3 aromatic rings. The number of carbonyl (C=O) groups excluding carboxylic acids is 1. The number of aromatic nitrogens is 2. The van der Waals surface area contributed by atoms with E-state index in [9.17, 15) is 14.9 Å². The summed E-state index contributed by atoms with van der Waals surface area (Å²) in [5, 5.41) is 14.6. The van der Waals surface area contributed by atoms with E-state index in [-0.39, 0.29) is 17.3 Å². The van der Waals surface area contributed by atoms with Crippen molar-refractivity contribution in [2.75, 3.05) is 10.7 Å². The van der Waals surface area contributed by atoms with Crippen molar-refractivity contribution in [3.05, 3.63) is 81.7 Å². The Morgan fingerprint density at radius 1 is 1.04 bits per heavy atom. The van der Waals surface area contributed by atoms with Crippen molar-refractivity contribution in [3.63, 3.8) is 0 Å². The first kappa shape index (κ1) is 18.8. The zero-order valence-electron chi connectivity index (χ0n) is 15.3. The Kier molecular flexibility index (Phi) is 5.45. The Morgan fingerprint density at radius 2 is 1.75 bits per heavy atom. The van der Waals surface area contributed by atoms with Crippen LogP contribution in [0.5, 0.6) is 0 Å². The van der Waals surface area contributed by atoms with Gasteiger partial charge in [-0.3, -0.25) is 25.8 Å². The minimum absolute atomic E-state index is 0.0170. The third-order valence-electron chi connectivity index (χ3n) is 3.97. The Morgan fingerprint density at radius 3 is 2.43 bits per heavy atom. The molecule has 28 heavy (non-hydrogen) atoms. The van der Waals surface area contributed by atoms with E-state index in [0.717, 1.165) is 11.1 Å². The quantitative estimate of drug-likeness (QED) is 0.443. The molecule has 0 aliphatic rings. The van der Waals surface area contributed by atoms with Gasteiger partial charge in [0, 0.05) is 11.3 Å². The van der Waals surface area contributed by atoms with E-state index in [4.69, 9.17) is 0 Å². The molecule has 0 aliphatic carbocycles. The number of nitrogens with zero attached hydrogens (tertiary/aromatic N) is 3. The van der Waals surface area contributed by atoms with Crippen LogP contribution >= 0.6 is 0 Å². The number of hydrogen-bond acceptors (Lipinski definition) is 7. The molecule has 1 heterocycles. The molecule has 0 saturated carbocycles. The lowest BCUT2D eigenvalue weighted by molar-refractivity contribution is -0.383. The van der Waals surface area contributed by atoms with Crippen molar-refractivity contribution in [3.8, 4) is 0 Å². The van der Waals surface area contributed by atoms with Gasteiger partial charge in [0.05, 0.1) is 4.92 Å². The maximum atomic E-state index is 12.1. The summed E-state index contributed by atoms with van der Waals surface area (Å²) in [5.41, 5.74) is 7.62. The lowest BCUT2D eigenvalue weighted by Crippen LogP contribution is -2.30. The number of nitrogens with one attached hydrogen (secondary N) is 3. The van der Waals surface area contributed by atoms with Crippen molar-refractivity contribution >= 4 is 28.9 Å². The number of aryl methyl sites for hydroxylation is 2. The lowest BCUT2D eigenvalue weighted by Gasteiger charge is -2.12. The summed E-state index contributed by atoms with van der Waals surface area (Å²) < 4.78 is 0. The lowest BCUT2D eigenvalue weighted by atomic mass is 10.1. The zero-order chi connectivity index (χ0) is 20.1. The third-order valence-corrected chi connectivity index (χ3v) is 3.97. The summed E-state index contributed by atoms with van der Waals surface area (Å²) >= 11 is 0. The molecule has 0 atom stereocenters. The molecule has 0 bridgehead atoms. The van der Waals surface area contributed by atoms with E-state index in [1.165, 1.54) is 6.33 Å². The van der Waals surface area contributed by atoms with Crippen LogP contribution in [0.15, 0.2) is 54.9 Å². The van der Waals surface area contributed by atoms with Crippen LogP contribution in [0.4, 0.5) is 23.0 Å². The molecule has 0 unspecified atom stereocenters. The highest BCUT2D eigenvalue weighted by atomic mass is 16.6. The summed E-state index contributed by atoms with van der Waals surface area (Å²) in [6.07, 6.45) is 1.18. The molecule has 0 saturated heterocycles. The SMILES string of the molecule is Cc1ccc(Nc2ncnc(NNC(=O)c3ccccc3)c2[N+](=O)[O-])c(C)c1. The van der Waals surface area contributed by atoms with Gasteiger partial charge in [-0.1, -0.05) is 35.9 Å². The Bertz CT molecular complexity index is 1020. The van der Waals surface area contributed by atoms with E-state index in [0.29, 0.717) is 11.3 Å². The molecule has 3 rings (SSSR count). The standard InChI is InChI=1S/C19H18N6O3/c1-12-8-9-15(13(2)10-12)22-17-16(25(27)28)18(21-11-20-17)23-24-19(26)14-6-4-3-5-7-14/h3-11H,1-2H3,(H,24,26)(H2,20,21,22,23). The van der Waals surface area contributed by atoms with Crippen LogP contribution < -0.4 is 16.2 Å². The van der Waals surface area contributed by atoms with Crippen molar-refractivity contribution in [1.29, 1.82) is 0 Å². The van der Waals surface area contributed by atoms with E-state index >= 15 is 0 Å². The second kappa shape index (κ2) is 8.12. The maximum absolute atomic E-state index is 12.1. The van der Waals surface area contributed by atoms with Crippen LogP contribution in [0.3, 0.4) is 0 Å². The van der Waals surface area contributed by atoms with Gasteiger partial charge in [-0.25, -0.2) is 9.97 Å². The molecule has 142 valence electrons. The van der Waals surface area contributed by atoms with Gasteiger partial charge in [-0.2, -0.15) is 0 Å². The average Bonchev–Trinajstić information content (AvgIpc) is 2.68. The summed E-state index contributed by atoms with van der Waals surface area (Å²) in [4.78, 5) is 31.0. The van der Waals surface area contributed by atoms with Gasteiger partial charge in [0.25, 0.3) is 5.91 Å². The van der Waals surface area contributed by atoms with Gasteiger partial charge in [-0.05, 0) is 37.6 Å². The molecule has 1 aromatic heterocycles. The molecule has 2 aromatic carbocycles. The van der Waals surface area contributed by atoms with Gasteiger partial charge < -0.3 is 5.32 Å². The Labute approximate surface area is 161 Å². The van der Waals surface area contributed by atoms with Crippen LogP contribution in [0.1, 0.15) is 21.5 Å². The van der Waals surface area contributed by atoms with E-state index < -0.39 is 10.8 Å². The van der Waals surface area contributed by atoms with Crippen LogP contribution in [0.2, 0.25) is 0 Å². The number of hydrazine groups is 1. The predicted octanol–water partition coefficient (Wildman–Crippen LogP) is 3.50. The predicted molar refractivity (Wildman–Crippen MR) is 105 cm³/mol. The van der Waals surface area contributed by atoms with Crippen molar-refractivity contribution in [1.82, 2.24) is 15.4 Å². The summed E-state index contributed by atoms with van der Waals surface area (Å²) in [6.45, 7) is 3.85. The van der Waals surface area contributed by atoms with Gasteiger partial charge in [-0.15, -0.1) is 0 Å². The van der Waals surface area contributed by atoms with Crippen LogP contribution in [-0.2, 0) is 0 Å². The van der Waals surface area contributed by atoms with Crippen molar-refractivity contribution in [2.45, 2.75) is 13.8 Å². The maximum Gasteiger partial charge on any atom is 0.355 e. The molecular formula is C19H18N6O3. The minimum Gasteiger partial charge on any atom is -0.334 e.